The molecule has 0 atom stereocenters. The quantitative estimate of drug-likeness (QED) is 0.686. The van der Waals surface area contributed by atoms with E-state index in [1.165, 1.54) is 0 Å². The SMILES string of the molecule is CCOCc1nc2c(N)nc(C)c(C)c2n1CCCCS(N)(=O)=O. The van der Waals surface area contributed by atoms with Crippen molar-refractivity contribution in [1.29, 1.82) is 0 Å². The second-order valence-electron chi connectivity index (χ2n) is 5.80. The molecule has 134 valence electrons. The Hall–Kier alpha value is -1.71. The topological polar surface area (TPSA) is 126 Å². The second kappa shape index (κ2) is 7.45. The van der Waals surface area contributed by atoms with Crippen LogP contribution in [0.1, 0.15) is 36.8 Å². The van der Waals surface area contributed by atoms with Crippen LogP contribution in [0.15, 0.2) is 0 Å². The van der Waals surface area contributed by atoms with E-state index in [9.17, 15) is 8.42 Å². The number of fused-ring (bicyclic) bond motifs is 1. The molecule has 0 aromatic carbocycles. The van der Waals surface area contributed by atoms with Crippen LogP contribution in [0.25, 0.3) is 11.0 Å². The van der Waals surface area contributed by atoms with Crippen LogP contribution in [-0.2, 0) is 27.9 Å². The van der Waals surface area contributed by atoms with Crippen molar-refractivity contribution in [3.63, 3.8) is 0 Å². The number of nitrogen functional groups attached to an aromatic ring is 1. The zero-order chi connectivity index (χ0) is 17.9. The van der Waals surface area contributed by atoms with Gasteiger partial charge in [-0.3, -0.25) is 0 Å². The lowest BCUT2D eigenvalue weighted by Crippen LogP contribution is -2.17. The molecule has 0 aliphatic heterocycles. The van der Waals surface area contributed by atoms with Gasteiger partial charge in [0, 0.05) is 18.8 Å². The van der Waals surface area contributed by atoms with E-state index in [1.54, 1.807) is 0 Å². The summed E-state index contributed by atoms with van der Waals surface area (Å²) in [4.78, 5) is 8.92. The van der Waals surface area contributed by atoms with Gasteiger partial charge in [0.1, 0.15) is 17.9 Å². The maximum Gasteiger partial charge on any atom is 0.209 e. The summed E-state index contributed by atoms with van der Waals surface area (Å²) in [5.41, 5.74) is 9.50. The maximum absolute atomic E-state index is 11.1. The van der Waals surface area contributed by atoms with Crippen molar-refractivity contribution >= 4 is 26.9 Å². The van der Waals surface area contributed by atoms with Crippen molar-refractivity contribution in [1.82, 2.24) is 14.5 Å². The number of nitrogens with two attached hydrogens (primary N) is 2. The smallest absolute Gasteiger partial charge is 0.209 e. The van der Waals surface area contributed by atoms with Crippen LogP contribution in [0.5, 0.6) is 0 Å². The molecular weight excluding hydrogens is 330 g/mol. The number of sulfonamides is 1. The third-order valence-corrected chi connectivity index (χ3v) is 4.83. The first-order valence-electron chi connectivity index (χ1n) is 7.94. The Balaban J connectivity index is 2.36. The normalized spacial score (nSPS) is 12.2. The van der Waals surface area contributed by atoms with Gasteiger partial charge < -0.3 is 15.0 Å². The standard InChI is InChI=1S/C15H25N5O3S/c1-4-23-9-12-19-13-14(10(2)11(3)18-15(13)16)20(12)7-5-6-8-24(17,21)22/h4-9H2,1-3H3,(H2,16,18)(H2,17,21,22). The molecule has 8 nitrogen and oxygen atoms in total. The van der Waals surface area contributed by atoms with Gasteiger partial charge >= 0.3 is 0 Å². The van der Waals surface area contributed by atoms with E-state index < -0.39 is 10.0 Å². The molecule has 0 aliphatic rings. The predicted molar refractivity (Wildman–Crippen MR) is 94.0 cm³/mol. The van der Waals surface area contributed by atoms with Crippen molar-refractivity contribution in [2.24, 2.45) is 5.14 Å². The van der Waals surface area contributed by atoms with Gasteiger partial charge in [0.25, 0.3) is 0 Å². The van der Waals surface area contributed by atoms with Crippen LogP contribution in [0.4, 0.5) is 5.82 Å². The van der Waals surface area contributed by atoms with Gasteiger partial charge in [-0.1, -0.05) is 0 Å². The molecule has 0 radical (unpaired) electrons. The first kappa shape index (κ1) is 18.6. The largest absolute Gasteiger partial charge is 0.382 e. The van der Waals surface area contributed by atoms with Crippen LogP contribution in [0.3, 0.4) is 0 Å². The number of imidazole rings is 1. The van der Waals surface area contributed by atoms with E-state index in [4.69, 9.17) is 15.6 Å². The minimum atomic E-state index is -3.43. The average molecular weight is 355 g/mol. The fourth-order valence-electron chi connectivity index (χ4n) is 2.66. The van der Waals surface area contributed by atoms with Crippen molar-refractivity contribution in [3.8, 4) is 0 Å². The van der Waals surface area contributed by atoms with Crippen LogP contribution in [-0.4, -0.2) is 35.3 Å². The van der Waals surface area contributed by atoms with E-state index in [0.29, 0.717) is 43.9 Å². The second-order valence-corrected chi connectivity index (χ2v) is 7.53. The Bertz CT molecular complexity index is 829. The molecule has 0 saturated heterocycles. The summed E-state index contributed by atoms with van der Waals surface area (Å²) in [6, 6.07) is 0. The number of pyridine rings is 1. The Morgan fingerprint density at radius 1 is 1.21 bits per heavy atom. The molecule has 24 heavy (non-hydrogen) atoms. The summed E-state index contributed by atoms with van der Waals surface area (Å²) >= 11 is 0. The number of hydrogen-bond acceptors (Lipinski definition) is 6. The van der Waals surface area contributed by atoms with Crippen molar-refractivity contribution in [3.05, 3.63) is 17.1 Å². The lowest BCUT2D eigenvalue weighted by Gasteiger charge is -2.11. The summed E-state index contributed by atoms with van der Waals surface area (Å²) in [5, 5.41) is 5.05. The minimum Gasteiger partial charge on any atom is -0.382 e. The van der Waals surface area contributed by atoms with Gasteiger partial charge in [-0.15, -0.1) is 0 Å². The van der Waals surface area contributed by atoms with E-state index in [1.807, 2.05) is 20.8 Å². The van der Waals surface area contributed by atoms with E-state index in [2.05, 4.69) is 14.5 Å². The Morgan fingerprint density at radius 3 is 2.54 bits per heavy atom. The lowest BCUT2D eigenvalue weighted by molar-refractivity contribution is 0.126. The summed E-state index contributed by atoms with van der Waals surface area (Å²) in [5.74, 6) is 1.14. The van der Waals surface area contributed by atoms with Crippen molar-refractivity contribution in [2.75, 3.05) is 18.1 Å². The Labute approximate surface area is 142 Å². The first-order chi connectivity index (χ1) is 11.2. The molecule has 0 bridgehead atoms. The molecule has 9 heteroatoms. The first-order valence-corrected chi connectivity index (χ1v) is 9.66. The molecule has 2 rings (SSSR count). The molecular formula is C15H25N5O3S. The highest BCUT2D eigenvalue weighted by atomic mass is 32.2. The molecule has 0 spiro atoms. The van der Waals surface area contributed by atoms with Gasteiger partial charge in [0.2, 0.25) is 10.0 Å². The highest BCUT2D eigenvalue weighted by Crippen LogP contribution is 2.26. The number of hydrogen-bond donors (Lipinski definition) is 2. The molecule has 0 amide bonds. The zero-order valence-electron chi connectivity index (χ0n) is 14.4. The number of ether oxygens (including phenoxy) is 1. The number of nitrogens with zero attached hydrogens (tertiary/aromatic N) is 3. The summed E-state index contributed by atoms with van der Waals surface area (Å²) in [7, 11) is -3.43. The number of rotatable bonds is 8. The highest BCUT2D eigenvalue weighted by Gasteiger charge is 2.17. The predicted octanol–water partition coefficient (Wildman–Crippen LogP) is 1.24. The van der Waals surface area contributed by atoms with Gasteiger partial charge in [0.15, 0.2) is 5.82 Å². The zero-order valence-corrected chi connectivity index (χ0v) is 15.2. The molecule has 4 N–H and O–H groups in total. The fraction of sp³-hybridized carbons (Fsp3) is 0.600. The van der Waals surface area contributed by atoms with E-state index >= 15 is 0 Å². The Kier molecular flexibility index (Phi) is 5.79. The average Bonchev–Trinajstić information content (AvgIpc) is 2.85. The monoisotopic (exact) mass is 355 g/mol. The lowest BCUT2D eigenvalue weighted by atomic mass is 10.2. The summed E-state index contributed by atoms with van der Waals surface area (Å²) in [6.45, 7) is 7.39. The Morgan fingerprint density at radius 2 is 1.92 bits per heavy atom. The van der Waals surface area contributed by atoms with Crippen molar-refractivity contribution in [2.45, 2.75) is 46.8 Å². The number of aryl methyl sites for hydroxylation is 3. The molecule has 2 heterocycles. The minimum absolute atomic E-state index is 0.0257. The fourth-order valence-corrected chi connectivity index (χ4v) is 3.27. The number of unbranched alkanes of at least 4 members (excludes halogenated alkanes) is 1. The van der Waals surface area contributed by atoms with Crippen LogP contribution >= 0.6 is 0 Å². The maximum atomic E-state index is 11.1. The van der Waals surface area contributed by atoms with Crippen LogP contribution in [0, 0.1) is 13.8 Å². The molecule has 0 aliphatic carbocycles. The van der Waals surface area contributed by atoms with Crippen LogP contribution < -0.4 is 10.9 Å². The van der Waals surface area contributed by atoms with Gasteiger partial charge in [-0.2, -0.15) is 0 Å². The molecule has 2 aromatic rings. The molecule has 0 saturated carbocycles. The van der Waals surface area contributed by atoms with Gasteiger partial charge in [-0.25, -0.2) is 23.5 Å². The summed E-state index contributed by atoms with van der Waals surface area (Å²) < 4.78 is 29.7. The van der Waals surface area contributed by atoms with Crippen LogP contribution in [0.2, 0.25) is 0 Å². The third kappa shape index (κ3) is 4.22. The third-order valence-electron chi connectivity index (χ3n) is 3.97. The number of aromatic nitrogens is 3. The van der Waals surface area contributed by atoms with Crippen molar-refractivity contribution < 1.29 is 13.2 Å². The number of primary sulfonamides is 1. The van der Waals surface area contributed by atoms with E-state index in [-0.39, 0.29) is 5.75 Å². The highest BCUT2D eigenvalue weighted by molar-refractivity contribution is 7.89. The van der Waals surface area contributed by atoms with E-state index in [0.717, 1.165) is 22.6 Å². The molecule has 0 fully saturated rings. The number of anilines is 1. The molecule has 0 unspecified atom stereocenters. The summed E-state index contributed by atoms with van der Waals surface area (Å²) in [6.07, 6.45) is 1.16. The van der Waals surface area contributed by atoms with Gasteiger partial charge in [0.05, 0.1) is 11.3 Å². The van der Waals surface area contributed by atoms with Gasteiger partial charge in [-0.05, 0) is 39.2 Å². The molecule has 2 aromatic heterocycles.